The number of rotatable bonds is 3. The van der Waals surface area contributed by atoms with Crippen LogP contribution < -0.4 is 5.32 Å². The summed E-state index contributed by atoms with van der Waals surface area (Å²) in [6, 6.07) is 8.63. The molecule has 0 amide bonds. The van der Waals surface area contributed by atoms with E-state index in [1.54, 1.807) is 6.26 Å². The van der Waals surface area contributed by atoms with Crippen molar-refractivity contribution in [3.05, 3.63) is 29.8 Å². The van der Waals surface area contributed by atoms with Crippen LogP contribution in [0.15, 0.2) is 29.2 Å². The summed E-state index contributed by atoms with van der Waals surface area (Å²) in [6.07, 6.45) is 1.72. The van der Waals surface area contributed by atoms with Gasteiger partial charge in [0, 0.05) is 47.6 Å². The Labute approximate surface area is 106 Å². The van der Waals surface area contributed by atoms with Crippen molar-refractivity contribution in [2.24, 2.45) is 0 Å². The van der Waals surface area contributed by atoms with Crippen LogP contribution in [0.2, 0.25) is 0 Å². The zero-order chi connectivity index (χ0) is 12.3. The largest absolute Gasteiger partial charge is 0.314 e. The van der Waals surface area contributed by atoms with Crippen molar-refractivity contribution in [3.8, 4) is 0 Å². The summed E-state index contributed by atoms with van der Waals surface area (Å²) in [5, 5.41) is 3.43. The molecule has 2 rings (SSSR count). The molecule has 4 heteroatoms. The first-order valence-electron chi connectivity index (χ1n) is 6.10. The topological polar surface area (TPSA) is 32.3 Å². The van der Waals surface area contributed by atoms with Crippen molar-refractivity contribution < 1.29 is 4.21 Å². The molecule has 94 valence electrons. The first-order valence-corrected chi connectivity index (χ1v) is 7.66. The molecular weight excluding hydrogens is 232 g/mol. The SMILES string of the molecule is CCN1CCNCC1c1ccc(S(C)=O)cc1. The van der Waals surface area contributed by atoms with E-state index in [0.717, 1.165) is 31.1 Å². The normalized spacial score (nSPS) is 23.5. The molecular formula is C13H20N2OS. The quantitative estimate of drug-likeness (QED) is 0.882. The van der Waals surface area contributed by atoms with E-state index in [1.807, 2.05) is 12.1 Å². The van der Waals surface area contributed by atoms with E-state index in [9.17, 15) is 4.21 Å². The minimum absolute atomic E-state index is 0.452. The molecule has 0 bridgehead atoms. The Morgan fingerprint density at radius 2 is 2.12 bits per heavy atom. The summed E-state index contributed by atoms with van der Waals surface area (Å²) in [7, 11) is -0.882. The van der Waals surface area contributed by atoms with Crippen LogP contribution in [0.4, 0.5) is 0 Å². The van der Waals surface area contributed by atoms with E-state index >= 15 is 0 Å². The van der Waals surface area contributed by atoms with Gasteiger partial charge < -0.3 is 5.32 Å². The van der Waals surface area contributed by atoms with Gasteiger partial charge in [0.1, 0.15) is 0 Å². The van der Waals surface area contributed by atoms with Gasteiger partial charge in [-0.25, -0.2) is 0 Å². The molecule has 17 heavy (non-hydrogen) atoms. The number of benzene rings is 1. The zero-order valence-corrected chi connectivity index (χ0v) is 11.3. The number of likely N-dealkylation sites (N-methyl/N-ethyl adjacent to an activating group) is 1. The van der Waals surface area contributed by atoms with Crippen LogP contribution in [0.5, 0.6) is 0 Å². The summed E-state index contributed by atoms with van der Waals surface area (Å²) in [6.45, 7) is 6.45. The molecule has 0 radical (unpaired) electrons. The van der Waals surface area contributed by atoms with E-state index in [1.165, 1.54) is 5.56 Å². The van der Waals surface area contributed by atoms with Gasteiger partial charge in [-0.3, -0.25) is 9.11 Å². The molecule has 0 aliphatic carbocycles. The maximum Gasteiger partial charge on any atom is 0.0498 e. The Balaban J connectivity index is 2.17. The summed E-state index contributed by atoms with van der Waals surface area (Å²) in [5.74, 6) is 0. The predicted molar refractivity (Wildman–Crippen MR) is 71.6 cm³/mol. The van der Waals surface area contributed by atoms with E-state index in [4.69, 9.17) is 0 Å². The van der Waals surface area contributed by atoms with E-state index < -0.39 is 10.8 Å². The molecule has 1 fully saturated rings. The number of piperazine rings is 1. The Kier molecular flexibility index (Phi) is 4.31. The van der Waals surface area contributed by atoms with Crippen molar-refractivity contribution >= 4 is 10.8 Å². The standard InChI is InChI=1S/C13H20N2OS/c1-3-15-9-8-14-10-13(15)11-4-6-12(7-5-11)17(2)16/h4-7,13-14H,3,8-10H2,1-2H3. The highest BCUT2D eigenvalue weighted by atomic mass is 32.2. The van der Waals surface area contributed by atoms with Gasteiger partial charge in [0.15, 0.2) is 0 Å². The maximum atomic E-state index is 11.3. The Bertz CT molecular complexity index is 391. The number of hydrogen-bond acceptors (Lipinski definition) is 3. The second kappa shape index (κ2) is 5.76. The van der Waals surface area contributed by atoms with Crippen molar-refractivity contribution in [3.63, 3.8) is 0 Å². The first kappa shape index (κ1) is 12.7. The fourth-order valence-electron chi connectivity index (χ4n) is 2.34. The Morgan fingerprint density at radius 3 is 2.71 bits per heavy atom. The Morgan fingerprint density at radius 1 is 1.41 bits per heavy atom. The van der Waals surface area contributed by atoms with Crippen LogP contribution in [0.3, 0.4) is 0 Å². The molecule has 1 aromatic carbocycles. The lowest BCUT2D eigenvalue weighted by molar-refractivity contribution is 0.171. The van der Waals surface area contributed by atoms with E-state index in [2.05, 4.69) is 29.3 Å². The molecule has 1 aromatic rings. The second-order valence-corrected chi connectivity index (χ2v) is 5.75. The maximum absolute atomic E-state index is 11.3. The number of hydrogen-bond donors (Lipinski definition) is 1. The lowest BCUT2D eigenvalue weighted by atomic mass is 10.0. The molecule has 0 saturated carbocycles. The minimum Gasteiger partial charge on any atom is -0.314 e. The summed E-state index contributed by atoms with van der Waals surface area (Å²) in [4.78, 5) is 3.38. The van der Waals surface area contributed by atoms with E-state index in [-0.39, 0.29) is 0 Å². The van der Waals surface area contributed by atoms with Crippen LogP contribution in [0.25, 0.3) is 0 Å². The van der Waals surface area contributed by atoms with Crippen LogP contribution in [0, 0.1) is 0 Å². The third kappa shape index (κ3) is 2.94. The first-order chi connectivity index (χ1) is 8.22. The lowest BCUT2D eigenvalue weighted by Crippen LogP contribution is -2.45. The van der Waals surface area contributed by atoms with Gasteiger partial charge >= 0.3 is 0 Å². The lowest BCUT2D eigenvalue weighted by Gasteiger charge is -2.35. The van der Waals surface area contributed by atoms with Crippen LogP contribution in [-0.2, 0) is 10.8 Å². The molecule has 2 unspecified atom stereocenters. The summed E-state index contributed by atoms with van der Waals surface area (Å²) in [5.41, 5.74) is 1.31. The molecule has 0 aromatic heterocycles. The fourth-order valence-corrected chi connectivity index (χ4v) is 2.85. The van der Waals surface area contributed by atoms with Gasteiger partial charge in [-0.15, -0.1) is 0 Å². The zero-order valence-electron chi connectivity index (χ0n) is 10.5. The monoisotopic (exact) mass is 252 g/mol. The molecule has 2 atom stereocenters. The third-order valence-electron chi connectivity index (χ3n) is 3.36. The third-order valence-corrected chi connectivity index (χ3v) is 4.29. The molecule has 1 N–H and O–H groups in total. The van der Waals surface area contributed by atoms with Crippen LogP contribution in [-0.4, -0.2) is 41.5 Å². The number of nitrogens with zero attached hydrogens (tertiary/aromatic N) is 1. The van der Waals surface area contributed by atoms with Gasteiger partial charge in [-0.1, -0.05) is 19.1 Å². The molecule has 0 spiro atoms. The minimum atomic E-state index is -0.882. The molecule has 1 heterocycles. The highest BCUT2D eigenvalue weighted by Gasteiger charge is 2.21. The van der Waals surface area contributed by atoms with Gasteiger partial charge in [-0.05, 0) is 24.2 Å². The van der Waals surface area contributed by atoms with Crippen molar-refractivity contribution in [1.29, 1.82) is 0 Å². The summed E-state index contributed by atoms with van der Waals surface area (Å²) < 4.78 is 11.3. The average Bonchev–Trinajstić information content (AvgIpc) is 2.39. The fraction of sp³-hybridized carbons (Fsp3) is 0.538. The molecule has 1 saturated heterocycles. The predicted octanol–water partition coefficient (Wildman–Crippen LogP) is 1.39. The van der Waals surface area contributed by atoms with Gasteiger partial charge in [0.25, 0.3) is 0 Å². The smallest absolute Gasteiger partial charge is 0.0498 e. The molecule has 1 aliphatic heterocycles. The highest BCUT2D eigenvalue weighted by molar-refractivity contribution is 7.84. The van der Waals surface area contributed by atoms with E-state index in [0.29, 0.717) is 6.04 Å². The van der Waals surface area contributed by atoms with Crippen molar-refractivity contribution in [2.45, 2.75) is 17.9 Å². The van der Waals surface area contributed by atoms with Crippen molar-refractivity contribution in [2.75, 3.05) is 32.4 Å². The summed E-state index contributed by atoms with van der Waals surface area (Å²) >= 11 is 0. The Hall–Kier alpha value is -0.710. The van der Waals surface area contributed by atoms with Gasteiger partial charge in [0.05, 0.1) is 0 Å². The second-order valence-electron chi connectivity index (χ2n) is 4.37. The van der Waals surface area contributed by atoms with Crippen molar-refractivity contribution in [1.82, 2.24) is 10.2 Å². The average molecular weight is 252 g/mol. The molecule has 1 aliphatic rings. The highest BCUT2D eigenvalue weighted by Crippen LogP contribution is 2.22. The van der Waals surface area contributed by atoms with Gasteiger partial charge in [-0.2, -0.15) is 0 Å². The molecule has 3 nitrogen and oxygen atoms in total. The van der Waals surface area contributed by atoms with Crippen LogP contribution in [0.1, 0.15) is 18.5 Å². The van der Waals surface area contributed by atoms with Crippen LogP contribution >= 0.6 is 0 Å². The van der Waals surface area contributed by atoms with Gasteiger partial charge in [0.2, 0.25) is 0 Å². The number of nitrogens with one attached hydrogen (secondary N) is 1.